The molecule has 1 heterocycles. The van der Waals surface area contributed by atoms with Gasteiger partial charge in [-0.25, -0.2) is 0 Å². The molecule has 1 saturated carbocycles. The van der Waals surface area contributed by atoms with Gasteiger partial charge in [-0.3, -0.25) is 9.59 Å². The number of amides is 1. The first kappa shape index (κ1) is 33.0. The van der Waals surface area contributed by atoms with E-state index in [1.807, 2.05) is 51.1 Å². The molecule has 3 aliphatic carbocycles. The predicted molar refractivity (Wildman–Crippen MR) is 176 cm³/mol. The van der Waals surface area contributed by atoms with Crippen LogP contribution in [0.2, 0.25) is 0 Å². The second-order valence-corrected chi connectivity index (χ2v) is 14.6. The number of hydrogen-bond acceptors (Lipinski definition) is 5. The summed E-state index contributed by atoms with van der Waals surface area (Å²) in [6.07, 6.45) is 17.0. The van der Waals surface area contributed by atoms with Crippen LogP contribution in [0.25, 0.3) is 0 Å². The molecule has 6 nitrogen and oxygen atoms in total. The normalized spacial score (nSPS) is 31.2. The molecule has 7 unspecified atom stereocenters. The standard InChI is InChI=1S/C37H54BNO5/c1-6-37(4,5)36(41)42-33-22-25(2)21-27-18-17-26(3)32(35(27)33)20-19-30-23-31(24-34(40)39-29-15-11-8-12-16-29)44-38(43-30)28-13-9-7-10-14-28/h7,9-10,13-14,17-18,21,25-26,29-33,35H,6,8,11-12,15-16,19-20,22-24H2,1-5H3,(H,39,40). The first-order valence-electron chi connectivity index (χ1n) is 17.4. The van der Waals surface area contributed by atoms with Gasteiger partial charge in [-0.15, -0.1) is 0 Å². The lowest BCUT2D eigenvalue weighted by Gasteiger charge is -2.44. The Hall–Kier alpha value is -2.38. The molecular formula is C37H54BNO5. The lowest BCUT2D eigenvalue weighted by molar-refractivity contribution is -0.164. The summed E-state index contributed by atoms with van der Waals surface area (Å²) in [6.45, 7) is 10.5. The molecule has 1 aromatic carbocycles. The fourth-order valence-corrected chi connectivity index (χ4v) is 7.65. The number of carbonyl (C=O) groups excluding carboxylic acids is 2. The summed E-state index contributed by atoms with van der Waals surface area (Å²) in [4.78, 5) is 26.3. The van der Waals surface area contributed by atoms with Crippen molar-refractivity contribution < 1.29 is 23.6 Å². The SMILES string of the molecule is CCC(C)(C)C(=O)OC1CC(C)C=C2C=CC(C)C(CCC3CC(CC(=O)NC4CCCCC4)OB(c4ccccc4)O3)C21. The van der Waals surface area contributed by atoms with Crippen molar-refractivity contribution in [1.82, 2.24) is 5.32 Å². The summed E-state index contributed by atoms with van der Waals surface area (Å²) < 4.78 is 19.4. The highest BCUT2D eigenvalue weighted by molar-refractivity contribution is 6.61. The maximum Gasteiger partial charge on any atom is 0.494 e. The molecule has 4 aliphatic rings. The number of allylic oxidation sites excluding steroid dienone is 3. The maximum atomic E-state index is 13.2. The van der Waals surface area contributed by atoms with E-state index < -0.39 is 12.5 Å². The van der Waals surface area contributed by atoms with Crippen molar-refractivity contribution in [3.05, 3.63) is 54.1 Å². The van der Waals surface area contributed by atoms with Crippen molar-refractivity contribution >= 4 is 24.5 Å². The van der Waals surface area contributed by atoms with Crippen LogP contribution in [-0.2, 0) is 23.6 Å². The minimum Gasteiger partial charge on any atom is -0.461 e. The van der Waals surface area contributed by atoms with E-state index in [1.54, 1.807) is 0 Å². The fourth-order valence-electron chi connectivity index (χ4n) is 7.65. The number of rotatable bonds is 10. The number of benzene rings is 1. The van der Waals surface area contributed by atoms with Crippen LogP contribution in [0.5, 0.6) is 0 Å². The van der Waals surface area contributed by atoms with Gasteiger partial charge < -0.3 is 19.4 Å². The van der Waals surface area contributed by atoms with Crippen molar-refractivity contribution in [1.29, 1.82) is 0 Å². The fraction of sp³-hybridized carbons (Fsp3) is 0.676. The van der Waals surface area contributed by atoms with Gasteiger partial charge in [-0.05, 0) is 87.6 Å². The van der Waals surface area contributed by atoms with Gasteiger partial charge in [-0.1, -0.05) is 88.6 Å². The smallest absolute Gasteiger partial charge is 0.461 e. The van der Waals surface area contributed by atoms with E-state index in [0.29, 0.717) is 36.6 Å². The van der Waals surface area contributed by atoms with Crippen molar-refractivity contribution in [3.63, 3.8) is 0 Å². The lowest BCUT2D eigenvalue weighted by atomic mass is 9.65. The second kappa shape index (κ2) is 14.8. The summed E-state index contributed by atoms with van der Waals surface area (Å²) in [5.41, 5.74) is 1.81. The maximum absolute atomic E-state index is 13.2. The highest BCUT2D eigenvalue weighted by Crippen LogP contribution is 2.45. The Morgan fingerprint density at radius 2 is 1.73 bits per heavy atom. The zero-order valence-corrected chi connectivity index (χ0v) is 27.6. The summed E-state index contributed by atoms with van der Waals surface area (Å²) >= 11 is 0. The minimum atomic E-state index is -0.489. The first-order valence-corrected chi connectivity index (χ1v) is 17.4. The molecule has 1 amide bonds. The van der Waals surface area contributed by atoms with Gasteiger partial charge in [0, 0.05) is 18.1 Å². The molecule has 7 atom stereocenters. The van der Waals surface area contributed by atoms with Crippen molar-refractivity contribution in [2.75, 3.05) is 0 Å². The van der Waals surface area contributed by atoms with E-state index >= 15 is 0 Å². The van der Waals surface area contributed by atoms with Gasteiger partial charge in [-0.2, -0.15) is 0 Å². The van der Waals surface area contributed by atoms with Crippen LogP contribution >= 0.6 is 0 Å². The second-order valence-electron chi connectivity index (χ2n) is 14.6. The summed E-state index contributed by atoms with van der Waals surface area (Å²) in [6, 6.07) is 10.4. The number of fused-ring (bicyclic) bond motifs is 1. The Morgan fingerprint density at radius 3 is 2.45 bits per heavy atom. The molecule has 0 spiro atoms. The third-order valence-electron chi connectivity index (χ3n) is 10.7. The molecule has 7 heteroatoms. The van der Waals surface area contributed by atoms with Crippen LogP contribution in [0.1, 0.15) is 105 Å². The highest BCUT2D eigenvalue weighted by atomic mass is 16.6. The third kappa shape index (κ3) is 8.25. The molecule has 1 aromatic rings. The van der Waals surface area contributed by atoms with Gasteiger partial charge >= 0.3 is 13.1 Å². The lowest BCUT2D eigenvalue weighted by Crippen LogP contribution is -2.50. The molecule has 5 rings (SSSR count). The number of ether oxygens (including phenoxy) is 1. The Kier molecular flexibility index (Phi) is 11.1. The topological polar surface area (TPSA) is 73.9 Å². The Labute approximate surface area is 265 Å². The van der Waals surface area contributed by atoms with Gasteiger partial charge in [0.25, 0.3) is 0 Å². The largest absolute Gasteiger partial charge is 0.494 e. The van der Waals surface area contributed by atoms with Gasteiger partial charge in [0.2, 0.25) is 5.91 Å². The van der Waals surface area contributed by atoms with E-state index in [2.05, 4.69) is 37.4 Å². The van der Waals surface area contributed by atoms with E-state index in [-0.39, 0.29) is 36.1 Å². The number of nitrogens with one attached hydrogen (secondary N) is 1. The van der Waals surface area contributed by atoms with Crippen LogP contribution in [0.15, 0.2) is 54.1 Å². The predicted octanol–water partition coefficient (Wildman–Crippen LogP) is 6.93. The van der Waals surface area contributed by atoms with E-state index in [9.17, 15) is 9.59 Å². The quantitative estimate of drug-likeness (QED) is 0.232. The molecule has 0 aromatic heterocycles. The van der Waals surface area contributed by atoms with Gasteiger partial charge in [0.1, 0.15) is 6.10 Å². The molecular weight excluding hydrogens is 549 g/mol. The van der Waals surface area contributed by atoms with Crippen molar-refractivity contribution in [3.8, 4) is 0 Å². The Morgan fingerprint density at radius 1 is 1.00 bits per heavy atom. The van der Waals surface area contributed by atoms with Crippen LogP contribution in [-0.4, -0.2) is 43.3 Å². The van der Waals surface area contributed by atoms with Crippen LogP contribution in [0, 0.1) is 29.1 Å². The molecule has 1 saturated heterocycles. The summed E-state index contributed by atoms with van der Waals surface area (Å²) in [7, 11) is -0.484. The van der Waals surface area contributed by atoms with Crippen LogP contribution < -0.4 is 10.8 Å². The van der Waals surface area contributed by atoms with E-state index in [1.165, 1.54) is 24.8 Å². The molecule has 0 radical (unpaired) electrons. The average Bonchev–Trinajstić information content (AvgIpc) is 3.01. The summed E-state index contributed by atoms with van der Waals surface area (Å²) in [5, 5.41) is 3.28. The Bertz CT molecular complexity index is 1180. The Balaban J connectivity index is 1.28. The van der Waals surface area contributed by atoms with Crippen LogP contribution in [0.4, 0.5) is 0 Å². The van der Waals surface area contributed by atoms with Crippen LogP contribution in [0.3, 0.4) is 0 Å². The van der Waals surface area contributed by atoms with Crippen molar-refractivity contribution in [2.24, 2.45) is 29.1 Å². The zero-order chi connectivity index (χ0) is 31.3. The number of carbonyl (C=O) groups is 2. The first-order chi connectivity index (χ1) is 21.1. The monoisotopic (exact) mass is 603 g/mol. The van der Waals surface area contributed by atoms with E-state index in [4.69, 9.17) is 14.0 Å². The number of hydrogen-bond donors (Lipinski definition) is 1. The molecule has 44 heavy (non-hydrogen) atoms. The van der Waals surface area contributed by atoms with Crippen molar-refractivity contribution in [2.45, 2.75) is 130 Å². The average molecular weight is 604 g/mol. The van der Waals surface area contributed by atoms with E-state index in [0.717, 1.165) is 44.0 Å². The molecule has 240 valence electrons. The zero-order valence-electron chi connectivity index (χ0n) is 27.6. The molecule has 2 fully saturated rings. The van der Waals surface area contributed by atoms with Gasteiger partial charge in [0.05, 0.1) is 17.9 Å². The molecule has 1 aliphatic heterocycles. The highest BCUT2D eigenvalue weighted by Gasteiger charge is 2.44. The summed E-state index contributed by atoms with van der Waals surface area (Å²) in [5.74, 6) is 1.26. The minimum absolute atomic E-state index is 0.0190. The molecule has 1 N–H and O–H groups in total. The molecule has 0 bridgehead atoms. The van der Waals surface area contributed by atoms with Gasteiger partial charge in [0.15, 0.2) is 0 Å². The third-order valence-corrected chi connectivity index (χ3v) is 10.7. The number of esters is 1.